The van der Waals surface area contributed by atoms with Gasteiger partial charge in [-0.1, -0.05) is 43.2 Å². The number of nitrogens with zero attached hydrogens (tertiary/aromatic N) is 4. The number of hydrogen-bond donors (Lipinski definition) is 7. The first-order valence-electron chi connectivity index (χ1n) is 28.5. The molecule has 9 amide bonds. The topological polar surface area (TPSA) is 298 Å². The molecule has 84 heavy (non-hydrogen) atoms. The average Bonchev–Trinajstić information content (AvgIpc) is 4.37. The molecule has 5 fully saturated rings. The average molecular weight is 1210 g/mol. The van der Waals surface area contributed by atoms with Gasteiger partial charge in [0, 0.05) is 79.4 Å². The SMILES string of the molecule is NC(=O)CCC(NC(=O)[C@@H]1CC[C@@H]2CCN(CC(F)F)C[C@H](NC(=O)c3cc4cc(C(F)(F)P(=O)(O)O)ccc4s3)C(=O)N21)C(=O)NC(C(=O)N1CCC(CCC#Cc2cccc3c2CN(C2CCC(=O)NC2=O)C3=O)CC1)C1CCCCC1. The van der Waals surface area contributed by atoms with Gasteiger partial charge in [-0.25, -0.2) is 8.78 Å². The number of carbonyl (C=O) groups excluding carboxylic acids is 9. The van der Waals surface area contributed by atoms with Crippen molar-refractivity contribution in [2.45, 2.75) is 158 Å². The van der Waals surface area contributed by atoms with Gasteiger partial charge in [0.25, 0.3) is 18.2 Å². The number of nitrogens with one attached hydrogen (secondary N) is 4. The van der Waals surface area contributed by atoms with Crippen LogP contribution in [0, 0.1) is 23.7 Å². The molecule has 3 aromatic rings. The molecule has 0 spiro atoms. The summed E-state index contributed by atoms with van der Waals surface area (Å²) >= 11 is 0.822. The number of fused-ring (bicyclic) bond motifs is 3. The van der Waals surface area contributed by atoms with Gasteiger partial charge in [-0.15, -0.1) is 11.3 Å². The van der Waals surface area contributed by atoms with Gasteiger partial charge in [0.05, 0.1) is 11.4 Å². The molecule has 21 nitrogen and oxygen atoms in total. The molecule has 2 aromatic carbocycles. The molecule has 6 atom stereocenters. The summed E-state index contributed by atoms with van der Waals surface area (Å²) in [4.78, 5) is 146. The number of piperidine rings is 2. The molecule has 6 heterocycles. The molecule has 1 aliphatic carbocycles. The Bertz CT molecular complexity index is 3190. The number of hydrogen-bond acceptors (Lipinski definition) is 12. The van der Waals surface area contributed by atoms with Crippen LogP contribution in [0.2, 0.25) is 0 Å². The van der Waals surface area contributed by atoms with Gasteiger partial charge in [-0.2, -0.15) is 8.78 Å². The molecule has 0 bridgehead atoms. The van der Waals surface area contributed by atoms with Crippen LogP contribution in [0.15, 0.2) is 42.5 Å². The highest BCUT2D eigenvalue weighted by Gasteiger charge is 2.51. The summed E-state index contributed by atoms with van der Waals surface area (Å²) in [5.74, 6) is 1.13. The number of carbonyl (C=O) groups is 9. The van der Waals surface area contributed by atoms with Gasteiger partial charge in [0.15, 0.2) is 0 Å². The maximum atomic E-state index is 14.7. The number of halogens is 4. The minimum Gasteiger partial charge on any atom is -0.370 e. The van der Waals surface area contributed by atoms with E-state index in [0.717, 1.165) is 60.8 Å². The molecule has 5 aliphatic heterocycles. The van der Waals surface area contributed by atoms with E-state index in [4.69, 9.17) is 5.73 Å². The summed E-state index contributed by atoms with van der Waals surface area (Å²) < 4.78 is 68.8. The molecular formula is C57H68F4N9O12PS. The van der Waals surface area contributed by atoms with Crippen molar-refractivity contribution in [3.05, 3.63) is 69.6 Å². The largest absolute Gasteiger partial charge is 0.399 e. The van der Waals surface area contributed by atoms with Crippen molar-refractivity contribution in [2.75, 3.05) is 32.7 Å². The van der Waals surface area contributed by atoms with Gasteiger partial charge >= 0.3 is 13.3 Å². The maximum absolute atomic E-state index is 14.7. The number of thiophene rings is 1. The second-order valence-electron chi connectivity index (χ2n) is 22.7. The first-order chi connectivity index (χ1) is 40.0. The highest BCUT2D eigenvalue weighted by atomic mass is 32.1. The summed E-state index contributed by atoms with van der Waals surface area (Å²) in [6.45, 7) is -0.0484. The van der Waals surface area contributed by atoms with E-state index >= 15 is 0 Å². The van der Waals surface area contributed by atoms with Crippen LogP contribution in [0.4, 0.5) is 17.6 Å². The van der Waals surface area contributed by atoms with Gasteiger partial charge in [-0.05, 0) is 117 Å². The lowest BCUT2D eigenvalue weighted by Crippen LogP contribution is -2.62. The summed E-state index contributed by atoms with van der Waals surface area (Å²) in [5, 5.41) is 10.6. The summed E-state index contributed by atoms with van der Waals surface area (Å²) in [7, 11) is -5.92. The van der Waals surface area contributed by atoms with Crippen LogP contribution in [0.1, 0.15) is 139 Å². The van der Waals surface area contributed by atoms with Crippen LogP contribution in [0.5, 0.6) is 0 Å². The number of primary amides is 1. The third-order valence-electron chi connectivity index (χ3n) is 17.1. The van der Waals surface area contributed by atoms with Crippen molar-refractivity contribution in [2.24, 2.45) is 17.6 Å². The van der Waals surface area contributed by atoms with E-state index in [1.165, 1.54) is 20.8 Å². The smallest absolute Gasteiger partial charge is 0.370 e. The molecule has 6 aliphatic rings. The zero-order valence-corrected chi connectivity index (χ0v) is 47.7. The number of rotatable bonds is 18. The molecule has 4 saturated heterocycles. The quantitative estimate of drug-likeness (QED) is 0.0407. The Morgan fingerprint density at radius 3 is 2.36 bits per heavy atom. The Balaban J connectivity index is 0.842. The maximum Gasteiger partial charge on any atom is 0.399 e. The lowest BCUT2D eigenvalue weighted by atomic mass is 9.82. The van der Waals surface area contributed by atoms with E-state index < -0.39 is 110 Å². The first-order valence-corrected chi connectivity index (χ1v) is 30.9. The molecule has 3 unspecified atom stereocenters. The van der Waals surface area contributed by atoms with Crippen molar-refractivity contribution in [3.8, 4) is 11.8 Å². The van der Waals surface area contributed by atoms with Crippen molar-refractivity contribution >= 4 is 82.2 Å². The number of nitrogens with two attached hydrogens (primary N) is 1. The van der Waals surface area contributed by atoms with Crippen LogP contribution in [0.3, 0.4) is 0 Å². The first kappa shape index (κ1) is 61.8. The lowest BCUT2D eigenvalue weighted by molar-refractivity contribution is -0.144. The summed E-state index contributed by atoms with van der Waals surface area (Å²) in [6.07, 6.45) is 4.11. The second kappa shape index (κ2) is 26.2. The monoisotopic (exact) mass is 1210 g/mol. The third-order valence-corrected chi connectivity index (χ3v) is 19.2. The van der Waals surface area contributed by atoms with Gasteiger partial charge in [-0.3, -0.25) is 57.9 Å². The number of amides is 9. The standard InChI is InChI=1S/C57H68F4N9O12PS/c58-46(59)31-67-24-23-37-14-16-43(70(37)55(78)41(30-67)64-53(76)45-28-35-27-36(13-18-44(35)84-45)57(60,61)83(80,81)82)52(75)63-40(15-19-47(62)71)50(73)66-49(34-9-2-1-3-10-34)56(79)68-25-21-32(22-26-68)7-4-5-8-33-11-6-12-38-39(33)29-69(54(38)77)42-17-20-48(72)65-51(42)74/h6,11-13,18,27-28,32,34,37,40-43,46,49H,1-4,7,9-10,14-17,19-26,29-31H2,(H2,62,71)(H,63,75)(H,64,76)(H,66,73)(H,65,72,74)(H2,80,81,82)/t37-,40?,41+,42?,43+,49?/m1/s1. The molecule has 1 aromatic heterocycles. The third kappa shape index (κ3) is 14.0. The van der Waals surface area contributed by atoms with Crippen molar-refractivity contribution < 1.29 is 75.1 Å². The molecule has 452 valence electrons. The van der Waals surface area contributed by atoms with Crippen molar-refractivity contribution in [1.29, 1.82) is 0 Å². The van der Waals surface area contributed by atoms with Crippen LogP contribution in [-0.2, 0) is 50.3 Å². The normalized spacial score (nSPS) is 22.8. The van der Waals surface area contributed by atoms with Crippen LogP contribution < -0.4 is 27.0 Å². The molecule has 1 saturated carbocycles. The highest BCUT2D eigenvalue weighted by molar-refractivity contribution is 7.52. The number of alkyl halides is 4. The fraction of sp³-hybridized carbons (Fsp3) is 0.561. The van der Waals surface area contributed by atoms with Gasteiger partial charge in [0.1, 0.15) is 30.2 Å². The molecule has 27 heteroatoms. The van der Waals surface area contributed by atoms with E-state index in [1.807, 2.05) is 6.07 Å². The van der Waals surface area contributed by atoms with Gasteiger partial charge in [0.2, 0.25) is 41.4 Å². The van der Waals surface area contributed by atoms with E-state index in [-0.39, 0.29) is 103 Å². The van der Waals surface area contributed by atoms with Crippen LogP contribution in [-0.4, -0.2) is 158 Å². The van der Waals surface area contributed by atoms with E-state index in [1.54, 1.807) is 17.0 Å². The zero-order valence-electron chi connectivity index (χ0n) is 46.0. The Kier molecular flexibility index (Phi) is 19.3. The number of benzene rings is 2. The molecule has 8 N–H and O–H groups in total. The van der Waals surface area contributed by atoms with Gasteiger partial charge < -0.3 is 46.2 Å². The van der Waals surface area contributed by atoms with E-state index in [9.17, 15) is 75.1 Å². The van der Waals surface area contributed by atoms with Crippen molar-refractivity contribution in [1.82, 2.24) is 40.9 Å². The molecular weight excluding hydrogens is 1140 g/mol. The predicted octanol–water partition coefficient (Wildman–Crippen LogP) is 4.20. The second-order valence-corrected chi connectivity index (χ2v) is 25.4. The Morgan fingerprint density at radius 2 is 1.65 bits per heavy atom. The fourth-order valence-electron chi connectivity index (χ4n) is 12.6. The Morgan fingerprint density at radius 1 is 0.905 bits per heavy atom. The minimum atomic E-state index is -5.92. The Labute approximate surface area is 485 Å². The van der Waals surface area contributed by atoms with Crippen molar-refractivity contribution in [3.63, 3.8) is 0 Å². The predicted molar refractivity (Wildman–Crippen MR) is 297 cm³/mol. The molecule has 0 radical (unpaired) electrons. The van der Waals surface area contributed by atoms with E-state index in [0.29, 0.717) is 56.3 Å². The zero-order chi connectivity index (χ0) is 60.2. The van der Waals surface area contributed by atoms with Crippen LogP contribution in [0.25, 0.3) is 10.1 Å². The highest BCUT2D eigenvalue weighted by Crippen LogP contribution is 2.59. The minimum absolute atomic E-state index is 0.0364. The van der Waals surface area contributed by atoms with Crippen LogP contribution >= 0.6 is 18.9 Å². The van der Waals surface area contributed by atoms with E-state index in [2.05, 4.69) is 33.1 Å². The lowest BCUT2D eigenvalue weighted by Gasteiger charge is -2.39. The summed E-state index contributed by atoms with van der Waals surface area (Å²) in [6, 6.07) is 2.78. The number of likely N-dealkylation sites (tertiary alicyclic amines) is 1. The number of imide groups is 1. The molecule has 9 rings (SSSR count). The summed E-state index contributed by atoms with van der Waals surface area (Å²) in [5.41, 5.74) is 1.93. The Hall–Kier alpha value is -6.78. The fourth-order valence-corrected chi connectivity index (χ4v) is 14.0.